The van der Waals surface area contributed by atoms with Crippen molar-refractivity contribution in [2.45, 2.75) is 19.4 Å². The van der Waals surface area contributed by atoms with Crippen LogP contribution in [0.2, 0.25) is 0 Å². The van der Waals surface area contributed by atoms with E-state index in [1.165, 1.54) is 29.5 Å². The summed E-state index contributed by atoms with van der Waals surface area (Å²) in [7, 11) is 0. The van der Waals surface area contributed by atoms with Gasteiger partial charge >= 0.3 is 0 Å². The SMILES string of the molecule is CC1Cc2ccccc2N1CCNC(=O)/C=C/c1ccccc1[N+](=O)[O-]. The molecule has 1 aliphatic rings. The number of rotatable bonds is 6. The minimum atomic E-state index is -0.455. The molecule has 1 amide bonds. The molecule has 0 saturated heterocycles. The molecule has 0 radical (unpaired) electrons. The second kappa shape index (κ2) is 7.82. The van der Waals surface area contributed by atoms with E-state index in [4.69, 9.17) is 0 Å². The van der Waals surface area contributed by atoms with E-state index in [9.17, 15) is 14.9 Å². The van der Waals surface area contributed by atoms with E-state index in [0.717, 1.165) is 13.0 Å². The topological polar surface area (TPSA) is 75.5 Å². The Bertz CT molecular complexity index is 848. The molecule has 6 heteroatoms. The number of nitrogens with zero attached hydrogens (tertiary/aromatic N) is 2. The van der Waals surface area contributed by atoms with Crippen LogP contribution in [0.1, 0.15) is 18.1 Å². The number of benzene rings is 2. The highest BCUT2D eigenvalue weighted by Gasteiger charge is 2.24. The van der Waals surface area contributed by atoms with E-state index in [1.54, 1.807) is 18.2 Å². The van der Waals surface area contributed by atoms with Gasteiger partial charge in [0.2, 0.25) is 5.91 Å². The first-order valence-corrected chi connectivity index (χ1v) is 8.60. The molecule has 0 saturated carbocycles. The minimum Gasteiger partial charge on any atom is -0.367 e. The zero-order valence-corrected chi connectivity index (χ0v) is 14.6. The molecule has 0 bridgehead atoms. The molecular weight excluding hydrogens is 330 g/mol. The van der Waals surface area contributed by atoms with Crippen LogP contribution in [-0.2, 0) is 11.2 Å². The second-order valence-corrected chi connectivity index (χ2v) is 6.32. The standard InChI is InChI=1S/C20H21N3O3/c1-15-14-17-7-3-4-8-18(17)22(15)13-12-21-20(24)11-10-16-6-2-5-9-19(16)23(25)26/h2-11,15H,12-14H2,1H3,(H,21,24)/b11-10+. The van der Waals surface area contributed by atoms with Gasteiger partial charge < -0.3 is 10.2 Å². The fourth-order valence-electron chi connectivity index (χ4n) is 3.29. The van der Waals surface area contributed by atoms with Crippen LogP contribution in [0, 0.1) is 10.1 Å². The maximum absolute atomic E-state index is 12.0. The van der Waals surface area contributed by atoms with E-state index >= 15 is 0 Å². The van der Waals surface area contributed by atoms with Gasteiger partial charge in [0.05, 0.1) is 10.5 Å². The Morgan fingerprint density at radius 3 is 2.81 bits per heavy atom. The monoisotopic (exact) mass is 351 g/mol. The zero-order chi connectivity index (χ0) is 18.5. The summed E-state index contributed by atoms with van der Waals surface area (Å²) in [5.41, 5.74) is 2.96. The summed E-state index contributed by atoms with van der Waals surface area (Å²) in [6.07, 6.45) is 3.83. The Morgan fingerprint density at radius 1 is 1.27 bits per heavy atom. The Labute approximate surface area is 152 Å². The van der Waals surface area contributed by atoms with Gasteiger partial charge in [0, 0.05) is 37.0 Å². The number of amides is 1. The molecule has 2 aromatic rings. The van der Waals surface area contributed by atoms with Crippen LogP contribution < -0.4 is 10.2 Å². The second-order valence-electron chi connectivity index (χ2n) is 6.32. The smallest absolute Gasteiger partial charge is 0.276 e. The van der Waals surface area contributed by atoms with Crippen molar-refractivity contribution in [3.63, 3.8) is 0 Å². The molecule has 0 spiro atoms. The number of fused-ring (bicyclic) bond motifs is 1. The van der Waals surface area contributed by atoms with Crippen molar-refractivity contribution in [2.75, 3.05) is 18.0 Å². The molecule has 134 valence electrons. The van der Waals surface area contributed by atoms with Crippen LogP contribution in [0.4, 0.5) is 11.4 Å². The fourth-order valence-corrected chi connectivity index (χ4v) is 3.29. The van der Waals surface area contributed by atoms with Crippen LogP contribution in [0.3, 0.4) is 0 Å². The van der Waals surface area contributed by atoms with Crippen molar-refractivity contribution in [3.05, 3.63) is 75.8 Å². The summed E-state index contributed by atoms with van der Waals surface area (Å²) >= 11 is 0. The average Bonchev–Trinajstić information content (AvgIpc) is 2.95. The normalized spacial score (nSPS) is 15.9. The number of carbonyl (C=O) groups excluding carboxylic acids is 1. The maximum atomic E-state index is 12.0. The van der Waals surface area contributed by atoms with Crippen LogP contribution in [0.25, 0.3) is 6.08 Å². The van der Waals surface area contributed by atoms with E-state index in [0.29, 0.717) is 18.2 Å². The lowest BCUT2D eigenvalue weighted by Crippen LogP contribution is -2.37. The number of nitro benzene ring substituents is 1. The van der Waals surface area contributed by atoms with Crippen molar-refractivity contribution >= 4 is 23.4 Å². The third kappa shape index (κ3) is 3.91. The number of anilines is 1. The van der Waals surface area contributed by atoms with Crippen molar-refractivity contribution < 1.29 is 9.72 Å². The van der Waals surface area contributed by atoms with E-state index in [2.05, 4.69) is 29.3 Å². The number of nitro groups is 1. The quantitative estimate of drug-likeness (QED) is 0.493. The van der Waals surface area contributed by atoms with Gasteiger partial charge in [-0.05, 0) is 37.1 Å². The predicted octanol–water partition coefficient (Wildman–Crippen LogP) is 3.18. The molecule has 3 rings (SSSR count). The molecule has 0 fully saturated rings. The third-order valence-electron chi connectivity index (χ3n) is 4.55. The number of para-hydroxylation sites is 2. The van der Waals surface area contributed by atoms with Crippen LogP contribution in [-0.4, -0.2) is 30.0 Å². The molecule has 2 aromatic carbocycles. The molecule has 0 aromatic heterocycles. The van der Waals surface area contributed by atoms with Crippen LogP contribution in [0.15, 0.2) is 54.6 Å². The highest BCUT2D eigenvalue weighted by molar-refractivity contribution is 5.92. The van der Waals surface area contributed by atoms with Gasteiger partial charge in [0.1, 0.15) is 0 Å². The summed E-state index contributed by atoms with van der Waals surface area (Å²) in [6.45, 7) is 3.41. The van der Waals surface area contributed by atoms with E-state index < -0.39 is 4.92 Å². The molecule has 1 aliphatic heterocycles. The Hall–Kier alpha value is -3.15. The highest BCUT2D eigenvalue weighted by Crippen LogP contribution is 2.31. The number of carbonyl (C=O) groups is 1. The molecule has 26 heavy (non-hydrogen) atoms. The molecule has 1 heterocycles. The molecular formula is C20H21N3O3. The first kappa shape index (κ1) is 17.7. The van der Waals surface area contributed by atoms with Crippen molar-refractivity contribution in [1.82, 2.24) is 5.32 Å². The number of hydrogen-bond donors (Lipinski definition) is 1. The lowest BCUT2D eigenvalue weighted by Gasteiger charge is -2.24. The molecule has 1 atom stereocenters. The lowest BCUT2D eigenvalue weighted by atomic mass is 10.1. The summed E-state index contributed by atoms with van der Waals surface area (Å²) in [6, 6.07) is 15.1. The Morgan fingerprint density at radius 2 is 2.00 bits per heavy atom. The molecule has 6 nitrogen and oxygen atoms in total. The Balaban J connectivity index is 1.55. The zero-order valence-electron chi connectivity index (χ0n) is 14.6. The van der Waals surface area contributed by atoms with Gasteiger partial charge in [-0.3, -0.25) is 14.9 Å². The first-order chi connectivity index (χ1) is 12.6. The van der Waals surface area contributed by atoms with E-state index in [1.807, 2.05) is 12.1 Å². The fraction of sp³-hybridized carbons (Fsp3) is 0.250. The molecule has 1 unspecified atom stereocenters. The Kier molecular flexibility index (Phi) is 5.31. The number of hydrogen-bond acceptors (Lipinski definition) is 4. The summed E-state index contributed by atoms with van der Waals surface area (Å²) < 4.78 is 0. The van der Waals surface area contributed by atoms with Crippen LogP contribution in [0.5, 0.6) is 0 Å². The van der Waals surface area contributed by atoms with Gasteiger partial charge in [-0.2, -0.15) is 0 Å². The first-order valence-electron chi connectivity index (χ1n) is 8.60. The molecule has 0 aliphatic carbocycles. The van der Waals surface area contributed by atoms with Gasteiger partial charge in [-0.15, -0.1) is 0 Å². The minimum absolute atomic E-state index is 0.0148. The summed E-state index contributed by atoms with van der Waals surface area (Å²) in [4.78, 5) is 24.8. The number of nitrogens with one attached hydrogen (secondary N) is 1. The van der Waals surface area contributed by atoms with Crippen molar-refractivity contribution in [3.8, 4) is 0 Å². The van der Waals surface area contributed by atoms with Gasteiger partial charge in [-0.25, -0.2) is 0 Å². The van der Waals surface area contributed by atoms with Gasteiger partial charge in [-0.1, -0.05) is 30.3 Å². The van der Waals surface area contributed by atoms with Crippen LogP contribution >= 0.6 is 0 Å². The lowest BCUT2D eigenvalue weighted by molar-refractivity contribution is -0.385. The van der Waals surface area contributed by atoms with Gasteiger partial charge in [0.25, 0.3) is 5.69 Å². The highest BCUT2D eigenvalue weighted by atomic mass is 16.6. The van der Waals surface area contributed by atoms with Crippen molar-refractivity contribution in [1.29, 1.82) is 0 Å². The van der Waals surface area contributed by atoms with Crippen molar-refractivity contribution in [2.24, 2.45) is 0 Å². The maximum Gasteiger partial charge on any atom is 0.276 e. The van der Waals surface area contributed by atoms with E-state index in [-0.39, 0.29) is 11.6 Å². The summed E-state index contributed by atoms with van der Waals surface area (Å²) in [5, 5.41) is 13.8. The largest absolute Gasteiger partial charge is 0.367 e. The average molecular weight is 351 g/mol. The van der Waals surface area contributed by atoms with Gasteiger partial charge in [0.15, 0.2) is 0 Å². The third-order valence-corrected chi connectivity index (χ3v) is 4.55. The molecule has 1 N–H and O–H groups in total. The predicted molar refractivity (Wildman–Crippen MR) is 102 cm³/mol. The summed E-state index contributed by atoms with van der Waals surface area (Å²) in [5.74, 6) is -0.261.